The summed E-state index contributed by atoms with van der Waals surface area (Å²) < 4.78 is 11.1. The van der Waals surface area contributed by atoms with Crippen LogP contribution in [0.3, 0.4) is 0 Å². The smallest absolute Gasteiger partial charge is 0.164 e. The summed E-state index contributed by atoms with van der Waals surface area (Å²) in [5, 5.41) is 0.787. The maximum Gasteiger partial charge on any atom is 0.164 e. The lowest BCUT2D eigenvalue weighted by atomic mass is 9.99. The molecule has 2 heterocycles. The Morgan fingerprint density at radius 1 is 1.12 bits per heavy atom. The van der Waals surface area contributed by atoms with Crippen LogP contribution in [-0.4, -0.2) is 43.5 Å². The van der Waals surface area contributed by atoms with Crippen LogP contribution in [0.25, 0.3) is 0 Å². The van der Waals surface area contributed by atoms with Gasteiger partial charge in [-0.1, -0.05) is 23.7 Å². The number of Topliss-reactive ketones (excluding diaryl/α,β-unsaturated/α-hetero) is 1. The minimum Gasteiger partial charge on any atom is -0.486 e. The summed E-state index contributed by atoms with van der Waals surface area (Å²) >= 11 is 6.10. The van der Waals surface area contributed by atoms with Crippen LogP contribution in [0.1, 0.15) is 34.7 Å². The number of carbonyl (C=O) groups excluding carboxylic acids is 1. The second-order valence-electron chi connectivity index (χ2n) is 6.87. The molecule has 1 fully saturated rings. The van der Waals surface area contributed by atoms with Gasteiger partial charge in [-0.3, -0.25) is 4.79 Å². The first kappa shape index (κ1) is 17.4. The number of carbonyl (C=O) groups is 1. The zero-order valence-electron chi connectivity index (χ0n) is 14.6. The number of benzene rings is 2. The highest BCUT2D eigenvalue weighted by molar-refractivity contribution is 6.30. The first-order valence-electron chi connectivity index (χ1n) is 9.10. The molecule has 0 amide bonds. The van der Waals surface area contributed by atoms with Crippen molar-refractivity contribution in [3.8, 4) is 11.5 Å². The number of nitrogens with zero attached hydrogens (tertiary/aromatic N) is 1. The van der Waals surface area contributed by atoms with E-state index in [0.717, 1.165) is 36.8 Å². The predicted molar refractivity (Wildman–Crippen MR) is 102 cm³/mol. The number of hydrogen-bond acceptors (Lipinski definition) is 4. The first-order chi connectivity index (χ1) is 12.7. The van der Waals surface area contributed by atoms with Gasteiger partial charge in [0, 0.05) is 30.1 Å². The van der Waals surface area contributed by atoms with E-state index in [-0.39, 0.29) is 5.78 Å². The Labute approximate surface area is 158 Å². The maximum atomic E-state index is 12.5. The van der Waals surface area contributed by atoms with E-state index in [1.54, 1.807) is 6.07 Å². The van der Waals surface area contributed by atoms with Gasteiger partial charge < -0.3 is 14.4 Å². The van der Waals surface area contributed by atoms with Crippen LogP contribution < -0.4 is 9.47 Å². The minimum absolute atomic E-state index is 0.146. The normalized spacial score (nSPS) is 19.5. The number of likely N-dealkylation sites (tertiary alicyclic amines) is 1. The van der Waals surface area contributed by atoms with Gasteiger partial charge in [0.15, 0.2) is 17.3 Å². The molecule has 1 unspecified atom stereocenters. The van der Waals surface area contributed by atoms with Crippen molar-refractivity contribution in [2.24, 2.45) is 0 Å². The molecule has 1 saturated heterocycles. The van der Waals surface area contributed by atoms with E-state index in [1.807, 2.05) is 24.3 Å². The molecule has 0 bridgehead atoms. The number of hydrogen-bond donors (Lipinski definition) is 0. The van der Waals surface area contributed by atoms with E-state index < -0.39 is 0 Å². The van der Waals surface area contributed by atoms with Crippen molar-refractivity contribution in [1.82, 2.24) is 4.90 Å². The van der Waals surface area contributed by atoms with E-state index in [4.69, 9.17) is 21.1 Å². The van der Waals surface area contributed by atoms with Crippen LogP contribution in [0.2, 0.25) is 5.02 Å². The molecule has 0 radical (unpaired) electrons. The number of fused-ring (bicyclic) bond motifs is 1. The topological polar surface area (TPSA) is 38.8 Å². The Hall–Kier alpha value is -2.04. The quantitative estimate of drug-likeness (QED) is 0.739. The van der Waals surface area contributed by atoms with E-state index >= 15 is 0 Å². The van der Waals surface area contributed by atoms with Crippen LogP contribution in [-0.2, 0) is 0 Å². The summed E-state index contributed by atoms with van der Waals surface area (Å²) in [6, 6.07) is 13.6. The SMILES string of the molecule is O=C(CCN1CCC(c2cccc(Cl)c2)C1)c1ccc2c(c1)OCCO2. The number of ether oxygens (including phenoxy) is 2. The Morgan fingerprint density at radius 3 is 2.81 bits per heavy atom. The molecule has 0 aromatic heterocycles. The lowest BCUT2D eigenvalue weighted by molar-refractivity contribution is 0.0967. The van der Waals surface area contributed by atoms with E-state index in [2.05, 4.69) is 17.0 Å². The van der Waals surface area contributed by atoms with Gasteiger partial charge in [0.05, 0.1) is 0 Å². The van der Waals surface area contributed by atoms with Crippen molar-refractivity contribution in [1.29, 1.82) is 0 Å². The number of ketones is 1. The molecule has 5 heteroatoms. The Bertz CT molecular complexity index is 808. The molecule has 0 spiro atoms. The van der Waals surface area contributed by atoms with Crippen molar-refractivity contribution in [3.63, 3.8) is 0 Å². The molecule has 0 saturated carbocycles. The summed E-state index contributed by atoms with van der Waals surface area (Å²) in [5.74, 6) is 2.03. The standard InChI is InChI=1S/C21H22ClNO3/c22-18-3-1-2-15(12-18)17-6-8-23(14-17)9-7-19(24)16-4-5-20-21(13-16)26-11-10-25-20/h1-5,12-13,17H,6-11,14H2. The van der Waals surface area contributed by atoms with Crippen LogP contribution in [0, 0.1) is 0 Å². The van der Waals surface area contributed by atoms with Crippen LogP contribution in [0.4, 0.5) is 0 Å². The summed E-state index contributed by atoms with van der Waals surface area (Å²) in [5.41, 5.74) is 1.98. The van der Waals surface area contributed by atoms with Gasteiger partial charge >= 0.3 is 0 Å². The lowest BCUT2D eigenvalue weighted by Crippen LogP contribution is -2.23. The molecule has 136 valence electrons. The minimum atomic E-state index is 0.146. The second kappa shape index (κ2) is 7.68. The fraction of sp³-hybridized carbons (Fsp3) is 0.381. The zero-order chi connectivity index (χ0) is 17.9. The molecule has 1 atom stereocenters. The molecular weight excluding hydrogens is 350 g/mol. The van der Waals surface area contributed by atoms with E-state index in [0.29, 0.717) is 36.9 Å². The van der Waals surface area contributed by atoms with Crippen molar-refractivity contribution in [2.45, 2.75) is 18.8 Å². The molecule has 0 N–H and O–H groups in total. The van der Waals surface area contributed by atoms with E-state index in [9.17, 15) is 4.79 Å². The highest BCUT2D eigenvalue weighted by Gasteiger charge is 2.24. The van der Waals surface area contributed by atoms with Crippen LogP contribution in [0.5, 0.6) is 11.5 Å². The Morgan fingerprint density at radius 2 is 1.96 bits per heavy atom. The molecule has 4 nitrogen and oxygen atoms in total. The summed E-state index contributed by atoms with van der Waals surface area (Å²) in [6.45, 7) is 3.87. The third-order valence-electron chi connectivity index (χ3n) is 5.11. The number of halogens is 1. The molecular formula is C21H22ClNO3. The van der Waals surface area contributed by atoms with Crippen LogP contribution in [0.15, 0.2) is 42.5 Å². The molecule has 0 aliphatic carbocycles. The van der Waals surface area contributed by atoms with Gasteiger partial charge in [0.2, 0.25) is 0 Å². The molecule has 4 rings (SSSR count). The van der Waals surface area contributed by atoms with E-state index in [1.165, 1.54) is 5.56 Å². The highest BCUT2D eigenvalue weighted by Crippen LogP contribution is 2.32. The zero-order valence-corrected chi connectivity index (χ0v) is 15.4. The largest absolute Gasteiger partial charge is 0.486 e. The molecule has 2 aliphatic heterocycles. The summed E-state index contributed by atoms with van der Waals surface area (Å²) in [4.78, 5) is 14.9. The highest BCUT2D eigenvalue weighted by atomic mass is 35.5. The van der Waals surface area contributed by atoms with Gasteiger partial charge in [-0.05, 0) is 54.8 Å². The van der Waals surface area contributed by atoms with Crippen molar-refractivity contribution in [2.75, 3.05) is 32.8 Å². The Kier molecular flexibility index (Phi) is 5.14. The van der Waals surface area contributed by atoms with Crippen molar-refractivity contribution in [3.05, 3.63) is 58.6 Å². The molecule has 26 heavy (non-hydrogen) atoms. The van der Waals surface area contributed by atoms with Gasteiger partial charge in [-0.15, -0.1) is 0 Å². The first-order valence-corrected chi connectivity index (χ1v) is 9.47. The van der Waals surface area contributed by atoms with Crippen molar-refractivity contribution >= 4 is 17.4 Å². The number of rotatable bonds is 5. The third-order valence-corrected chi connectivity index (χ3v) is 5.35. The van der Waals surface area contributed by atoms with Gasteiger partial charge in [0.25, 0.3) is 0 Å². The monoisotopic (exact) mass is 371 g/mol. The molecule has 2 aromatic rings. The second-order valence-corrected chi connectivity index (χ2v) is 7.31. The van der Waals surface area contributed by atoms with Gasteiger partial charge in [-0.25, -0.2) is 0 Å². The van der Waals surface area contributed by atoms with Crippen molar-refractivity contribution < 1.29 is 14.3 Å². The predicted octanol–water partition coefficient (Wildman–Crippen LogP) is 4.17. The average molecular weight is 372 g/mol. The fourth-order valence-electron chi connectivity index (χ4n) is 3.69. The maximum absolute atomic E-state index is 12.5. The van der Waals surface area contributed by atoms with Gasteiger partial charge in [-0.2, -0.15) is 0 Å². The summed E-state index contributed by atoms with van der Waals surface area (Å²) in [6.07, 6.45) is 1.63. The van der Waals surface area contributed by atoms with Crippen LogP contribution >= 0.6 is 11.6 Å². The fourth-order valence-corrected chi connectivity index (χ4v) is 3.89. The molecule has 2 aliphatic rings. The average Bonchev–Trinajstić information content (AvgIpc) is 3.15. The van der Waals surface area contributed by atoms with Gasteiger partial charge in [0.1, 0.15) is 13.2 Å². The molecule has 2 aromatic carbocycles. The Balaban J connectivity index is 1.32. The third kappa shape index (κ3) is 3.87. The summed E-state index contributed by atoms with van der Waals surface area (Å²) in [7, 11) is 0. The lowest BCUT2D eigenvalue weighted by Gasteiger charge is -2.19.